The average Bonchev–Trinajstić information content (AvgIpc) is 3.20. The summed E-state index contributed by atoms with van der Waals surface area (Å²) in [6.45, 7) is 13.3. The van der Waals surface area contributed by atoms with Crippen LogP contribution in [0.15, 0.2) is 101 Å². The van der Waals surface area contributed by atoms with Crippen molar-refractivity contribution in [2.75, 3.05) is 27.4 Å². The predicted octanol–water partition coefficient (Wildman–Crippen LogP) is 8.66. The van der Waals surface area contributed by atoms with Crippen LogP contribution in [0, 0.1) is 0 Å². The highest BCUT2D eigenvalue weighted by Gasteiger charge is 2.50. The van der Waals surface area contributed by atoms with E-state index in [-0.39, 0.29) is 18.2 Å². The summed E-state index contributed by atoms with van der Waals surface area (Å²) in [6.07, 6.45) is 8.08. The van der Waals surface area contributed by atoms with E-state index in [2.05, 4.69) is 86.8 Å². The molecule has 2 N–H and O–H groups in total. The van der Waals surface area contributed by atoms with Crippen molar-refractivity contribution in [3.8, 4) is 5.75 Å². The molecule has 1 aliphatic heterocycles. The number of ether oxygens (including phenoxy) is 3. The van der Waals surface area contributed by atoms with Gasteiger partial charge in [0.25, 0.3) is 8.32 Å². The number of hydrogen-bond donors (Lipinski definition) is 2. The minimum absolute atomic E-state index is 0.0397. The van der Waals surface area contributed by atoms with Crippen LogP contribution in [-0.4, -0.2) is 75.4 Å². The molecule has 316 valence electrons. The largest absolute Gasteiger partial charge is 0.497 e. The molecule has 1 heterocycles. The molecule has 4 rings (SSSR count). The van der Waals surface area contributed by atoms with Crippen LogP contribution >= 0.6 is 0 Å². The summed E-state index contributed by atoms with van der Waals surface area (Å²) in [5, 5.41) is 15.6. The topological polar surface area (TPSA) is 119 Å². The van der Waals surface area contributed by atoms with Crippen LogP contribution in [-0.2, 0) is 25.2 Å². The minimum Gasteiger partial charge on any atom is -0.497 e. The summed E-state index contributed by atoms with van der Waals surface area (Å²) >= 11 is 0. The Balaban J connectivity index is 1.40. The normalized spacial score (nSPS) is 14.7. The van der Waals surface area contributed by atoms with Crippen LogP contribution in [0.4, 0.5) is 4.79 Å². The van der Waals surface area contributed by atoms with Gasteiger partial charge in [0.2, 0.25) is 5.96 Å². The second-order valence-corrected chi connectivity index (χ2v) is 21.3. The Morgan fingerprint density at radius 2 is 1.34 bits per heavy atom. The lowest BCUT2D eigenvalue weighted by molar-refractivity contribution is -0.136. The Labute approximate surface area is 348 Å². The first-order chi connectivity index (χ1) is 27.7. The number of aliphatic hydroxyl groups excluding tert-OH is 1. The van der Waals surface area contributed by atoms with Gasteiger partial charge >= 0.3 is 12.1 Å². The molecule has 3 aromatic carbocycles. The van der Waals surface area contributed by atoms with Gasteiger partial charge in [0.05, 0.1) is 32.4 Å². The molecule has 0 bridgehead atoms. The zero-order valence-electron chi connectivity index (χ0n) is 36.1. The van der Waals surface area contributed by atoms with Crippen molar-refractivity contribution in [3.05, 3.63) is 102 Å². The predicted molar refractivity (Wildman–Crippen MR) is 235 cm³/mol. The zero-order valence-corrected chi connectivity index (χ0v) is 37.1. The SMILES string of the molecule is COC(=O)C1=C(CCCO)NC(N(Cc2ccc(OC)cc2)C(=O)OC(C)(C)C)=N[C@@H]1CCCCCCCCCO[Si](c1ccccc1)(c1ccccc1)C(C)(C)C. The van der Waals surface area contributed by atoms with Gasteiger partial charge in [0, 0.05) is 18.9 Å². The smallest absolute Gasteiger partial charge is 0.417 e. The number of unbranched alkanes of at least 4 members (excludes halogenated alkanes) is 6. The standard InChI is InChI=1S/C47H67N3O7Si/c1-46(2,3)57-45(53)50(35-36-29-31-37(54-7)32-30-36)44-48-40(42(43(52)55-8)41(49-44)28-22-33-51)27-20-12-10-9-11-13-21-34-56-58(47(4,5)6,38-23-16-14-17-24-38)39-25-18-15-19-26-39/h14-19,23-26,29-32,40,51H,9-13,20-22,27-28,33-35H2,1-8H3,(H,48,49)/t40-/m1/s1. The third kappa shape index (κ3) is 12.8. The van der Waals surface area contributed by atoms with Gasteiger partial charge in [-0.25, -0.2) is 19.5 Å². The molecule has 1 atom stereocenters. The van der Waals surface area contributed by atoms with E-state index in [0.29, 0.717) is 42.2 Å². The fraction of sp³-hybridized carbons (Fsp3) is 0.511. The van der Waals surface area contributed by atoms with E-state index >= 15 is 0 Å². The highest BCUT2D eigenvalue weighted by molar-refractivity contribution is 6.99. The molecule has 0 radical (unpaired) electrons. The van der Waals surface area contributed by atoms with Gasteiger partial charge in [-0.15, -0.1) is 0 Å². The Morgan fingerprint density at radius 1 is 0.776 bits per heavy atom. The fourth-order valence-corrected chi connectivity index (χ4v) is 12.2. The maximum absolute atomic E-state index is 13.7. The molecule has 1 amide bonds. The number of allylic oxidation sites excluding steroid dienone is 1. The Bertz CT molecular complexity index is 1750. The summed E-state index contributed by atoms with van der Waals surface area (Å²) in [5.74, 6) is 0.543. The molecule has 0 aliphatic carbocycles. The number of aliphatic hydroxyl groups is 1. The first-order valence-corrected chi connectivity index (χ1v) is 22.8. The molecule has 0 spiro atoms. The Hall–Kier alpha value is -4.45. The number of nitrogens with zero attached hydrogens (tertiary/aromatic N) is 2. The number of rotatable bonds is 20. The van der Waals surface area contributed by atoms with Crippen molar-refractivity contribution in [2.45, 2.75) is 129 Å². The average molecular weight is 814 g/mol. The van der Waals surface area contributed by atoms with Crippen LogP contribution in [0.5, 0.6) is 5.75 Å². The van der Waals surface area contributed by atoms with E-state index in [1.54, 1.807) is 7.11 Å². The van der Waals surface area contributed by atoms with E-state index < -0.39 is 32.0 Å². The fourth-order valence-electron chi connectivity index (χ4n) is 7.58. The van der Waals surface area contributed by atoms with Crippen molar-refractivity contribution >= 4 is 36.7 Å². The number of hydrogen-bond acceptors (Lipinski definition) is 9. The van der Waals surface area contributed by atoms with E-state index in [4.69, 9.17) is 23.6 Å². The molecule has 58 heavy (non-hydrogen) atoms. The lowest BCUT2D eigenvalue weighted by Crippen LogP contribution is -2.66. The number of amides is 1. The van der Waals surface area contributed by atoms with Crippen LogP contribution < -0.4 is 20.4 Å². The lowest BCUT2D eigenvalue weighted by Gasteiger charge is -2.43. The molecule has 0 saturated heterocycles. The van der Waals surface area contributed by atoms with E-state index in [1.165, 1.54) is 22.4 Å². The highest BCUT2D eigenvalue weighted by atomic mass is 28.4. The van der Waals surface area contributed by atoms with Crippen LogP contribution in [0.3, 0.4) is 0 Å². The number of nitrogens with one attached hydrogen (secondary N) is 1. The zero-order chi connectivity index (χ0) is 42.2. The number of carbonyl (C=O) groups excluding carboxylic acids is 2. The number of methoxy groups -OCH3 is 2. The highest BCUT2D eigenvalue weighted by Crippen LogP contribution is 2.37. The molecule has 10 nitrogen and oxygen atoms in total. The van der Waals surface area contributed by atoms with Crippen LogP contribution in [0.2, 0.25) is 5.04 Å². The molecule has 0 unspecified atom stereocenters. The van der Waals surface area contributed by atoms with Crippen LogP contribution in [0.25, 0.3) is 0 Å². The molecular weight excluding hydrogens is 747 g/mol. The number of esters is 1. The first kappa shape index (κ1) is 46.2. The molecule has 3 aromatic rings. The molecule has 1 aliphatic rings. The number of guanidine groups is 1. The summed E-state index contributed by atoms with van der Waals surface area (Å²) < 4.78 is 23.5. The number of aliphatic imine (C=N–C) groups is 1. The van der Waals surface area contributed by atoms with Gasteiger partial charge in [-0.3, -0.25) is 0 Å². The van der Waals surface area contributed by atoms with Gasteiger partial charge in [-0.1, -0.05) is 132 Å². The number of carbonyl (C=O) groups is 2. The first-order valence-electron chi connectivity index (χ1n) is 20.9. The molecular formula is C47H67N3O7Si. The summed E-state index contributed by atoms with van der Waals surface area (Å²) in [4.78, 5) is 33.5. The maximum Gasteiger partial charge on any atom is 0.417 e. The lowest BCUT2D eigenvalue weighted by atomic mass is 9.95. The Kier molecular flexibility index (Phi) is 17.6. The summed E-state index contributed by atoms with van der Waals surface area (Å²) in [6, 6.07) is 28.5. The number of benzene rings is 3. The van der Waals surface area contributed by atoms with Crippen molar-refractivity contribution in [3.63, 3.8) is 0 Å². The van der Waals surface area contributed by atoms with E-state index in [9.17, 15) is 14.7 Å². The van der Waals surface area contributed by atoms with Crippen LogP contribution in [0.1, 0.15) is 111 Å². The molecule has 0 saturated carbocycles. The van der Waals surface area contributed by atoms with Crippen molar-refractivity contribution < 1.29 is 33.3 Å². The van der Waals surface area contributed by atoms with Crippen molar-refractivity contribution in [1.82, 2.24) is 10.2 Å². The summed E-state index contributed by atoms with van der Waals surface area (Å²) in [5.41, 5.74) is 1.14. The van der Waals surface area contributed by atoms with Gasteiger partial charge in [-0.05, 0) is 79.6 Å². The van der Waals surface area contributed by atoms with Gasteiger partial charge in [0.1, 0.15) is 11.4 Å². The molecule has 0 fully saturated rings. The molecule has 11 heteroatoms. The van der Waals surface area contributed by atoms with Gasteiger partial charge < -0.3 is 29.1 Å². The van der Waals surface area contributed by atoms with E-state index in [1.807, 2.05) is 45.0 Å². The monoisotopic (exact) mass is 813 g/mol. The quantitative estimate of drug-likeness (QED) is 0.0662. The van der Waals surface area contributed by atoms with Crippen molar-refractivity contribution in [2.24, 2.45) is 4.99 Å². The second-order valence-electron chi connectivity index (χ2n) is 17.0. The third-order valence-corrected chi connectivity index (χ3v) is 15.5. The minimum atomic E-state index is -2.53. The summed E-state index contributed by atoms with van der Waals surface area (Å²) in [7, 11) is 0.443. The van der Waals surface area contributed by atoms with Gasteiger partial charge in [-0.2, -0.15) is 0 Å². The van der Waals surface area contributed by atoms with E-state index in [0.717, 1.165) is 57.1 Å². The second kappa shape index (κ2) is 22.1. The molecule has 0 aromatic heterocycles. The Morgan fingerprint density at radius 3 is 1.86 bits per heavy atom. The maximum atomic E-state index is 13.7. The third-order valence-electron chi connectivity index (χ3n) is 10.4. The van der Waals surface area contributed by atoms with Crippen molar-refractivity contribution in [1.29, 1.82) is 0 Å². The van der Waals surface area contributed by atoms with Gasteiger partial charge in [0.15, 0.2) is 0 Å².